The van der Waals surface area contributed by atoms with E-state index in [9.17, 15) is 9.90 Å². The highest BCUT2D eigenvalue weighted by Crippen LogP contribution is 2.47. The van der Waals surface area contributed by atoms with Gasteiger partial charge in [-0.25, -0.2) is 0 Å². The summed E-state index contributed by atoms with van der Waals surface area (Å²) < 4.78 is 16.9. The number of carbonyl (C=O) groups is 1. The lowest BCUT2D eigenvalue weighted by molar-refractivity contribution is -0.155. The molecule has 5 atom stereocenters. The zero-order chi connectivity index (χ0) is 23.5. The summed E-state index contributed by atoms with van der Waals surface area (Å²) >= 11 is 0. The number of methoxy groups -OCH3 is 1. The van der Waals surface area contributed by atoms with E-state index in [1.807, 2.05) is 36.4 Å². The molecule has 1 saturated heterocycles. The van der Waals surface area contributed by atoms with Crippen LogP contribution < -0.4 is 4.74 Å². The Bertz CT molecular complexity index is 769. The van der Waals surface area contributed by atoms with Crippen LogP contribution >= 0.6 is 0 Å². The maximum absolute atomic E-state index is 11.6. The van der Waals surface area contributed by atoms with Crippen LogP contribution in [0.15, 0.2) is 48.6 Å². The van der Waals surface area contributed by atoms with E-state index in [1.165, 1.54) is 19.3 Å². The van der Waals surface area contributed by atoms with E-state index in [0.29, 0.717) is 13.0 Å². The minimum absolute atomic E-state index is 0.0209. The molecule has 1 aromatic carbocycles. The monoisotopic (exact) mass is 456 g/mol. The summed E-state index contributed by atoms with van der Waals surface area (Å²) in [6.45, 7) is 2.72. The third kappa shape index (κ3) is 8.63. The Hall–Kier alpha value is -2.11. The SMILES string of the molecule is CCCCC/C=C\C[C@@H](/C=C/[C@@H](O)[C@H]1C[C@@H]1[C@H]1CCCC(=O)O1)OCc1ccc(OC)cc1. The van der Waals surface area contributed by atoms with Crippen LogP contribution in [0.2, 0.25) is 0 Å². The predicted molar refractivity (Wildman–Crippen MR) is 130 cm³/mol. The van der Waals surface area contributed by atoms with E-state index in [0.717, 1.165) is 43.4 Å². The van der Waals surface area contributed by atoms with Gasteiger partial charge in [0.15, 0.2) is 0 Å². The van der Waals surface area contributed by atoms with Crippen LogP contribution in [0.25, 0.3) is 0 Å². The van der Waals surface area contributed by atoms with Gasteiger partial charge in [-0.3, -0.25) is 4.79 Å². The predicted octanol–water partition coefficient (Wildman–Crippen LogP) is 5.76. The second kappa shape index (κ2) is 13.6. The molecule has 0 spiro atoms. The lowest BCUT2D eigenvalue weighted by Gasteiger charge is -2.23. The van der Waals surface area contributed by atoms with Crippen molar-refractivity contribution in [2.75, 3.05) is 7.11 Å². The molecule has 182 valence electrons. The van der Waals surface area contributed by atoms with Crippen molar-refractivity contribution in [1.29, 1.82) is 0 Å². The van der Waals surface area contributed by atoms with Gasteiger partial charge in [0.1, 0.15) is 11.9 Å². The Morgan fingerprint density at radius 1 is 1.18 bits per heavy atom. The largest absolute Gasteiger partial charge is 0.497 e. The second-order valence-corrected chi connectivity index (χ2v) is 9.26. The second-order valence-electron chi connectivity index (χ2n) is 9.26. The highest BCUT2D eigenvalue weighted by atomic mass is 16.5. The number of hydrogen-bond acceptors (Lipinski definition) is 5. The Morgan fingerprint density at radius 3 is 2.73 bits per heavy atom. The molecule has 1 aliphatic heterocycles. The molecule has 5 heteroatoms. The van der Waals surface area contributed by atoms with E-state index in [1.54, 1.807) is 7.11 Å². The molecule has 0 amide bonds. The number of rotatable bonds is 14. The summed E-state index contributed by atoms with van der Waals surface area (Å²) in [4.78, 5) is 11.6. The number of esters is 1. The Kier molecular flexibility index (Phi) is 10.5. The number of aliphatic hydroxyl groups excluding tert-OH is 1. The molecule has 1 N–H and O–H groups in total. The number of unbranched alkanes of at least 4 members (excludes halogenated alkanes) is 3. The van der Waals surface area contributed by atoms with Gasteiger partial charge in [0, 0.05) is 12.3 Å². The van der Waals surface area contributed by atoms with Gasteiger partial charge in [0.2, 0.25) is 0 Å². The smallest absolute Gasteiger partial charge is 0.306 e. The number of hydrogen-bond donors (Lipinski definition) is 1. The summed E-state index contributed by atoms with van der Waals surface area (Å²) in [6.07, 6.45) is 16.5. The van der Waals surface area contributed by atoms with Gasteiger partial charge < -0.3 is 19.3 Å². The number of allylic oxidation sites excluding steroid dienone is 1. The quantitative estimate of drug-likeness (QED) is 0.219. The van der Waals surface area contributed by atoms with Gasteiger partial charge in [-0.1, -0.05) is 56.2 Å². The highest BCUT2D eigenvalue weighted by Gasteiger charge is 2.48. The molecule has 0 radical (unpaired) electrons. The van der Waals surface area contributed by atoms with Crippen LogP contribution in [0.3, 0.4) is 0 Å². The van der Waals surface area contributed by atoms with Crippen molar-refractivity contribution in [3.8, 4) is 5.75 Å². The van der Waals surface area contributed by atoms with Gasteiger partial charge in [-0.15, -0.1) is 0 Å². The zero-order valence-corrected chi connectivity index (χ0v) is 20.2. The van der Waals surface area contributed by atoms with Crippen molar-refractivity contribution in [1.82, 2.24) is 0 Å². The maximum atomic E-state index is 11.6. The van der Waals surface area contributed by atoms with Crippen molar-refractivity contribution in [2.24, 2.45) is 11.8 Å². The third-order valence-electron chi connectivity index (χ3n) is 6.62. The first-order valence-corrected chi connectivity index (χ1v) is 12.6. The van der Waals surface area contributed by atoms with Crippen molar-refractivity contribution in [3.05, 3.63) is 54.1 Å². The molecule has 0 unspecified atom stereocenters. The molecule has 3 rings (SSSR count). The summed E-state index contributed by atoms with van der Waals surface area (Å²) in [7, 11) is 1.66. The van der Waals surface area contributed by atoms with Gasteiger partial charge >= 0.3 is 5.97 Å². The average molecular weight is 457 g/mol. The molecule has 1 aromatic rings. The van der Waals surface area contributed by atoms with E-state index < -0.39 is 6.10 Å². The molecule has 2 aliphatic rings. The van der Waals surface area contributed by atoms with Crippen LogP contribution in [-0.4, -0.2) is 36.5 Å². The highest BCUT2D eigenvalue weighted by molar-refractivity contribution is 5.70. The molecule has 0 bridgehead atoms. The van der Waals surface area contributed by atoms with Crippen molar-refractivity contribution in [2.45, 2.75) is 89.6 Å². The molecule has 5 nitrogen and oxygen atoms in total. The third-order valence-corrected chi connectivity index (χ3v) is 6.62. The average Bonchev–Trinajstić information content (AvgIpc) is 3.64. The normalized spacial score (nSPS) is 24.7. The number of ether oxygens (including phenoxy) is 3. The van der Waals surface area contributed by atoms with Crippen LogP contribution in [0.4, 0.5) is 0 Å². The van der Waals surface area contributed by atoms with Gasteiger partial charge in [0.25, 0.3) is 0 Å². The van der Waals surface area contributed by atoms with Gasteiger partial charge in [-0.2, -0.15) is 0 Å². The van der Waals surface area contributed by atoms with Crippen LogP contribution in [0.1, 0.15) is 70.3 Å². The first-order chi connectivity index (χ1) is 16.1. The summed E-state index contributed by atoms with van der Waals surface area (Å²) in [5.74, 6) is 1.19. The summed E-state index contributed by atoms with van der Waals surface area (Å²) in [6, 6.07) is 7.89. The maximum Gasteiger partial charge on any atom is 0.306 e. The Labute approximate surface area is 198 Å². The lowest BCUT2D eigenvalue weighted by atomic mass is 10.0. The molecule has 1 heterocycles. The van der Waals surface area contributed by atoms with Crippen molar-refractivity contribution >= 4 is 5.97 Å². The lowest BCUT2D eigenvalue weighted by Crippen LogP contribution is -2.27. The molecular formula is C28H40O5. The van der Waals surface area contributed by atoms with Crippen LogP contribution in [-0.2, 0) is 20.9 Å². The van der Waals surface area contributed by atoms with E-state index in [2.05, 4.69) is 19.1 Å². The zero-order valence-electron chi connectivity index (χ0n) is 20.2. The van der Waals surface area contributed by atoms with E-state index in [4.69, 9.17) is 14.2 Å². The van der Waals surface area contributed by atoms with Gasteiger partial charge in [0.05, 0.1) is 25.9 Å². The molecule has 33 heavy (non-hydrogen) atoms. The molecule has 1 saturated carbocycles. The number of cyclic esters (lactones) is 1. The number of aliphatic hydroxyl groups is 1. The van der Waals surface area contributed by atoms with E-state index in [-0.39, 0.29) is 30.0 Å². The topological polar surface area (TPSA) is 65.0 Å². The van der Waals surface area contributed by atoms with Gasteiger partial charge in [-0.05, 0) is 62.1 Å². The fourth-order valence-corrected chi connectivity index (χ4v) is 4.46. The molecule has 0 aromatic heterocycles. The summed E-state index contributed by atoms with van der Waals surface area (Å²) in [5.41, 5.74) is 1.09. The first kappa shape index (κ1) is 25.5. The van der Waals surface area contributed by atoms with Crippen LogP contribution in [0, 0.1) is 11.8 Å². The summed E-state index contributed by atoms with van der Waals surface area (Å²) in [5, 5.41) is 10.7. The molecule has 2 fully saturated rings. The van der Waals surface area contributed by atoms with Crippen LogP contribution in [0.5, 0.6) is 5.75 Å². The minimum atomic E-state index is -0.531. The number of carbonyl (C=O) groups excluding carboxylic acids is 1. The Morgan fingerprint density at radius 2 is 2.00 bits per heavy atom. The number of benzene rings is 1. The van der Waals surface area contributed by atoms with Crippen molar-refractivity contribution in [3.63, 3.8) is 0 Å². The fourth-order valence-electron chi connectivity index (χ4n) is 4.46. The van der Waals surface area contributed by atoms with E-state index >= 15 is 0 Å². The van der Waals surface area contributed by atoms with Crippen molar-refractivity contribution < 1.29 is 24.1 Å². The first-order valence-electron chi connectivity index (χ1n) is 12.6. The standard InChI is InChI=1S/C28H40O5/c1-3-4-5-6-7-8-10-23(32-20-21-13-15-22(31-2)16-14-21)17-18-26(29)24-19-25(24)27-11-9-12-28(30)33-27/h7-8,13-18,23-27,29H,3-6,9-12,19-20H2,1-2H3/b8-7-,18-17+/t23-,24-,25-,26+,27+/m0/s1. The minimum Gasteiger partial charge on any atom is -0.497 e. The Balaban J connectivity index is 1.51. The molecule has 1 aliphatic carbocycles. The molecular weight excluding hydrogens is 416 g/mol. The fraction of sp³-hybridized carbons (Fsp3) is 0.607.